The molecule has 0 aliphatic heterocycles. The van der Waals surface area contributed by atoms with E-state index in [0.717, 1.165) is 39.2 Å². The van der Waals surface area contributed by atoms with Gasteiger partial charge in [0.25, 0.3) is 6.47 Å². The van der Waals surface area contributed by atoms with Crippen molar-refractivity contribution in [1.29, 1.82) is 0 Å². The Morgan fingerprint density at radius 1 is 1.18 bits per heavy atom. The first-order valence-electron chi connectivity index (χ1n) is 13.2. The number of ether oxygens (including phenoxy) is 3. The molecule has 0 amide bonds. The number of aliphatic hydroxyl groups excluding tert-OH is 1. The predicted molar refractivity (Wildman–Crippen MR) is 147 cm³/mol. The third-order valence-electron chi connectivity index (χ3n) is 5.76. The first-order chi connectivity index (χ1) is 18.9. The number of methoxy groups -OCH3 is 1. The van der Waals surface area contributed by atoms with E-state index in [1.54, 1.807) is 4.57 Å². The molecule has 3 N–H and O–H groups in total. The minimum atomic E-state index is -1.10. The highest BCUT2D eigenvalue weighted by atomic mass is 19.1. The lowest BCUT2D eigenvalue weighted by Gasteiger charge is -2.26. The van der Waals surface area contributed by atoms with E-state index in [1.165, 1.54) is 32.7 Å². The lowest BCUT2D eigenvalue weighted by atomic mass is 10.0. The van der Waals surface area contributed by atoms with Crippen LogP contribution in [0.25, 0.3) is 11.2 Å². The van der Waals surface area contributed by atoms with Crippen LogP contribution in [0.4, 0.5) is 10.2 Å². The molecule has 0 aromatic carbocycles. The summed E-state index contributed by atoms with van der Waals surface area (Å²) in [5, 5.41) is 7.00. The molecule has 0 bridgehead atoms. The van der Waals surface area contributed by atoms with Gasteiger partial charge >= 0.3 is 12.0 Å². The summed E-state index contributed by atoms with van der Waals surface area (Å²) in [6.07, 6.45) is 15.5. The molecule has 0 spiro atoms. The van der Waals surface area contributed by atoms with Gasteiger partial charge in [0.15, 0.2) is 17.1 Å². The number of nitrogen functional groups attached to an aromatic ring is 1. The van der Waals surface area contributed by atoms with Crippen LogP contribution in [0.3, 0.4) is 0 Å². The lowest BCUT2D eigenvalue weighted by molar-refractivity contribution is -0.150. The smallest absolute Gasteiger partial charge is 0.312 e. The highest BCUT2D eigenvalue weighted by Crippen LogP contribution is 2.21. The van der Waals surface area contributed by atoms with E-state index in [-0.39, 0.29) is 24.0 Å². The number of nitrogens with zero attached hydrogens (tertiary/aromatic N) is 4. The van der Waals surface area contributed by atoms with E-state index in [0.29, 0.717) is 38.0 Å². The van der Waals surface area contributed by atoms with Gasteiger partial charge in [-0.3, -0.25) is 9.59 Å². The van der Waals surface area contributed by atoms with Gasteiger partial charge < -0.3 is 29.6 Å². The number of hydrogen-bond donors (Lipinski definition) is 2. The van der Waals surface area contributed by atoms with Gasteiger partial charge in [-0.2, -0.15) is 14.4 Å². The number of esters is 1. The number of terminal acetylenes is 1. The van der Waals surface area contributed by atoms with Crippen molar-refractivity contribution in [3.05, 3.63) is 12.4 Å². The highest BCUT2D eigenvalue weighted by Gasteiger charge is 2.30. The van der Waals surface area contributed by atoms with Gasteiger partial charge in [0.05, 0.1) is 12.9 Å². The van der Waals surface area contributed by atoms with E-state index >= 15 is 0 Å². The Morgan fingerprint density at radius 3 is 2.44 bits per heavy atom. The summed E-state index contributed by atoms with van der Waals surface area (Å²) in [5.41, 5.74) is 5.13. The molecule has 220 valence electrons. The number of rotatable bonds is 17. The van der Waals surface area contributed by atoms with Gasteiger partial charge in [-0.25, -0.2) is 4.98 Å². The molecule has 1 unspecified atom stereocenters. The van der Waals surface area contributed by atoms with Crippen LogP contribution < -0.4 is 5.73 Å². The van der Waals surface area contributed by atoms with Crippen molar-refractivity contribution >= 4 is 29.4 Å². The molecule has 0 saturated heterocycles. The summed E-state index contributed by atoms with van der Waals surface area (Å²) in [5.74, 6) is 2.23. The second-order valence-electron chi connectivity index (χ2n) is 8.58. The quantitative estimate of drug-likeness (QED) is 0.0972. The second kappa shape index (κ2) is 21.6. The van der Waals surface area contributed by atoms with Crippen molar-refractivity contribution in [3.8, 4) is 12.3 Å². The number of imidazole rings is 1. The van der Waals surface area contributed by atoms with Crippen molar-refractivity contribution in [3.63, 3.8) is 0 Å². The Kier molecular flexibility index (Phi) is 19.8. The normalized spacial score (nSPS) is 11.7. The maximum Gasteiger partial charge on any atom is 0.312 e. The van der Waals surface area contributed by atoms with Crippen molar-refractivity contribution in [2.45, 2.75) is 90.2 Å². The number of carbonyl (C=O) groups excluding carboxylic acids is 2. The van der Waals surface area contributed by atoms with Gasteiger partial charge in [0.2, 0.25) is 0 Å². The van der Waals surface area contributed by atoms with Crippen molar-refractivity contribution in [2.75, 3.05) is 33.2 Å². The second-order valence-corrected chi connectivity index (χ2v) is 8.58. The van der Waals surface area contributed by atoms with Crippen LogP contribution in [0.15, 0.2) is 6.33 Å². The maximum atomic E-state index is 13.5. The van der Waals surface area contributed by atoms with Crippen LogP contribution in [-0.4, -0.2) is 70.1 Å². The van der Waals surface area contributed by atoms with Crippen LogP contribution in [0.5, 0.6) is 0 Å². The van der Waals surface area contributed by atoms with Crippen molar-refractivity contribution in [2.24, 2.45) is 0 Å². The fraction of sp³-hybridized carbons (Fsp3) is 0.667. The van der Waals surface area contributed by atoms with Crippen LogP contribution in [0.2, 0.25) is 0 Å². The molecule has 0 fully saturated rings. The molecule has 2 aromatic rings. The Hall–Kier alpha value is -3.30. The largest absolute Gasteiger partial charge is 0.468 e. The molecule has 2 aromatic heterocycles. The standard InChI is InChI=1S/C19H26FN5O3.C7H14O2.CH4O/c1-4-6-7-8-9-14(26)28-12-19(5-2,27-3)10-11-25-13-22-15-16(21)23-18(20)24-17(15)25;1-2-3-4-5-6-9-7-8;1-2/h2,13H,4,6-12H2,1,3H3,(H2,21,23,24);7H,2-6H2,1H3;2H,1H3. The molecule has 39 heavy (non-hydrogen) atoms. The van der Waals surface area contributed by atoms with E-state index in [2.05, 4.69) is 39.5 Å². The molecule has 12 heteroatoms. The van der Waals surface area contributed by atoms with Gasteiger partial charge in [-0.1, -0.05) is 58.3 Å². The molecular formula is C27H44FN5O6. The summed E-state index contributed by atoms with van der Waals surface area (Å²) in [6.45, 7) is 5.61. The van der Waals surface area contributed by atoms with Crippen molar-refractivity contribution in [1.82, 2.24) is 19.5 Å². The number of fused-ring (bicyclic) bond motifs is 1. The fourth-order valence-corrected chi connectivity index (χ4v) is 3.43. The molecule has 2 rings (SSSR count). The lowest BCUT2D eigenvalue weighted by Crippen LogP contribution is -2.37. The van der Waals surface area contributed by atoms with E-state index in [9.17, 15) is 14.0 Å². The Balaban J connectivity index is 0.00000111. The molecule has 2 heterocycles. The zero-order chi connectivity index (χ0) is 29.5. The number of nitrogens with two attached hydrogens (primary N) is 1. The highest BCUT2D eigenvalue weighted by molar-refractivity contribution is 5.81. The number of anilines is 1. The van der Waals surface area contributed by atoms with Gasteiger partial charge in [-0.05, 0) is 12.8 Å². The van der Waals surface area contributed by atoms with Gasteiger partial charge in [0.1, 0.15) is 12.1 Å². The molecule has 0 radical (unpaired) electrons. The van der Waals surface area contributed by atoms with Crippen LogP contribution in [0.1, 0.15) is 78.1 Å². The number of halogens is 1. The minimum Gasteiger partial charge on any atom is -0.468 e. The third-order valence-corrected chi connectivity index (χ3v) is 5.76. The summed E-state index contributed by atoms with van der Waals surface area (Å²) in [6, 6.07) is 0. The maximum absolute atomic E-state index is 13.5. The van der Waals surface area contributed by atoms with Gasteiger partial charge in [0, 0.05) is 33.6 Å². The average molecular weight is 554 g/mol. The molecule has 11 nitrogen and oxygen atoms in total. The molecule has 0 aliphatic carbocycles. The monoisotopic (exact) mass is 553 g/mol. The van der Waals surface area contributed by atoms with E-state index in [1.807, 2.05) is 0 Å². The Bertz CT molecular complexity index is 997. The van der Waals surface area contributed by atoms with Crippen LogP contribution in [-0.2, 0) is 30.3 Å². The SMILES string of the molecule is C#CC(CCn1cnc2c(N)nc(F)nc21)(COC(=O)CCCCCC)OC.CCCCCCOC=O.CO. The first kappa shape index (κ1) is 35.7. The van der Waals surface area contributed by atoms with Crippen LogP contribution >= 0.6 is 0 Å². The Labute approximate surface area is 230 Å². The number of carbonyl (C=O) groups is 2. The zero-order valence-electron chi connectivity index (χ0n) is 23.7. The number of aryl methyl sites for hydroxylation is 1. The molecule has 0 aliphatic rings. The molecular weight excluding hydrogens is 509 g/mol. The van der Waals surface area contributed by atoms with E-state index < -0.39 is 11.7 Å². The molecule has 0 saturated carbocycles. The number of unbranched alkanes of at least 4 members (excludes halogenated alkanes) is 6. The van der Waals surface area contributed by atoms with E-state index in [4.69, 9.17) is 26.7 Å². The topological polar surface area (TPSA) is 152 Å². The fourth-order valence-electron chi connectivity index (χ4n) is 3.43. The summed E-state index contributed by atoms with van der Waals surface area (Å²) in [7, 11) is 2.46. The minimum absolute atomic E-state index is 0.0341. The summed E-state index contributed by atoms with van der Waals surface area (Å²) >= 11 is 0. The third kappa shape index (κ3) is 13.9. The zero-order valence-corrected chi connectivity index (χ0v) is 23.7. The van der Waals surface area contributed by atoms with Crippen molar-refractivity contribution < 1.29 is 33.3 Å². The van der Waals surface area contributed by atoms with Crippen LogP contribution in [0, 0.1) is 18.4 Å². The summed E-state index contributed by atoms with van der Waals surface area (Å²) in [4.78, 5) is 32.8. The summed E-state index contributed by atoms with van der Waals surface area (Å²) < 4.78 is 30.4. The number of aromatic nitrogens is 4. The average Bonchev–Trinajstić information content (AvgIpc) is 3.36. The number of aliphatic hydroxyl groups is 1. The number of hydrogen-bond acceptors (Lipinski definition) is 10. The van der Waals surface area contributed by atoms with Gasteiger partial charge in [-0.15, -0.1) is 6.42 Å². The molecule has 1 atom stereocenters. The first-order valence-corrected chi connectivity index (χ1v) is 13.2. The Morgan fingerprint density at radius 2 is 1.85 bits per heavy atom. The predicted octanol–water partition coefficient (Wildman–Crippen LogP) is 3.82.